The first kappa shape index (κ1) is 28.3. The molecule has 5 nitrogen and oxygen atoms in total. The fraction of sp³-hybridized carbons (Fsp3) is 0.562. The molecule has 0 radical (unpaired) electrons. The van der Waals surface area contributed by atoms with E-state index in [4.69, 9.17) is 4.98 Å². The van der Waals surface area contributed by atoms with Crippen LogP contribution < -0.4 is 0 Å². The molecule has 0 aliphatic carbocycles. The number of hydrogen-bond donors (Lipinski definition) is 0. The highest BCUT2D eigenvalue weighted by Gasteiger charge is 2.20. The molecule has 1 aromatic heterocycles. The van der Waals surface area contributed by atoms with E-state index in [2.05, 4.69) is 37.2 Å². The zero-order valence-corrected chi connectivity index (χ0v) is 23.8. The first-order chi connectivity index (χ1) is 18.3. The Hall–Kier alpha value is -2.73. The van der Waals surface area contributed by atoms with Crippen molar-refractivity contribution in [3.63, 3.8) is 0 Å². The van der Waals surface area contributed by atoms with Gasteiger partial charge in [0.25, 0.3) is 5.91 Å². The van der Waals surface area contributed by atoms with Gasteiger partial charge < -0.3 is 14.4 Å². The van der Waals surface area contributed by atoms with Gasteiger partial charge in [-0.15, -0.1) is 0 Å². The quantitative estimate of drug-likeness (QED) is 0.252. The van der Waals surface area contributed by atoms with Crippen molar-refractivity contribution in [1.82, 2.24) is 19.4 Å². The normalized spacial score (nSPS) is 14.6. The molecule has 1 saturated heterocycles. The third-order valence-corrected chi connectivity index (χ3v) is 7.62. The second kappa shape index (κ2) is 13.4. The van der Waals surface area contributed by atoms with Crippen molar-refractivity contribution in [1.29, 1.82) is 0 Å². The van der Waals surface area contributed by atoms with Crippen molar-refractivity contribution in [3.05, 3.63) is 53.8 Å². The van der Waals surface area contributed by atoms with Gasteiger partial charge in [-0.2, -0.15) is 0 Å². The number of imidazole rings is 1. The van der Waals surface area contributed by atoms with Gasteiger partial charge in [-0.3, -0.25) is 4.79 Å². The minimum Gasteiger partial charge on any atom is -0.339 e. The standard InChI is InChI=1S/C32H45FN4O/c1-24(2)14-20-36(21-15-25(3)4)32(38)27-12-13-29-30(23-27)37(19-9-18-35-16-6-5-7-17-35)31(34-29)26-10-8-11-28(33)22-26/h8,10-13,22-25H,5-7,9,14-21H2,1-4H3. The Bertz CT molecular complexity index is 1180. The topological polar surface area (TPSA) is 41.4 Å². The van der Waals surface area contributed by atoms with Crippen molar-refractivity contribution in [3.8, 4) is 11.4 Å². The molecule has 0 saturated carbocycles. The molecule has 1 aliphatic rings. The number of fused-ring (bicyclic) bond motifs is 1. The summed E-state index contributed by atoms with van der Waals surface area (Å²) in [7, 11) is 0. The number of aryl methyl sites for hydroxylation is 1. The summed E-state index contributed by atoms with van der Waals surface area (Å²) in [6, 6.07) is 12.5. The van der Waals surface area contributed by atoms with E-state index in [0.717, 1.165) is 67.9 Å². The van der Waals surface area contributed by atoms with Crippen LogP contribution in [0.2, 0.25) is 0 Å². The molecule has 2 heterocycles. The minimum absolute atomic E-state index is 0.0848. The molecular weight excluding hydrogens is 475 g/mol. The lowest BCUT2D eigenvalue weighted by Gasteiger charge is -2.26. The molecule has 0 N–H and O–H groups in total. The van der Waals surface area contributed by atoms with Gasteiger partial charge >= 0.3 is 0 Å². The average Bonchev–Trinajstić information content (AvgIpc) is 3.26. The van der Waals surface area contributed by atoms with Gasteiger partial charge in [0.05, 0.1) is 11.0 Å². The third-order valence-electron chi connectivity index (χ3n) is 7.62. The molecule has 0 atom stereocenters. The summed E-state index contributed by atoms with van der Waals surface area (Å²) in [6.07, 6.45) is 6.85. The van der Waals surface area contributed by atoms with Crippen LogP contribution in [0, 0.1) is 17.7 Å². The fourth-order valence-electron chi connectivity index (χ4n) is 5.29. The molecule has 1 amide bonds. The number of rotatable bonds is 12. The zero-order valence-electron chi connectivity index (χ0n) is 23.8. The van der Waals surface area contributed by atoms with E-state index >= 15 is 0 Å². The number of carbonyl (C=O) groups excluding carboxylic acids is 1. The Morgan fingerprint density at radius 1 is 0.947 bits per heavy atom. The Kier molecular flexibility index (Phi) is 9.95. The largest absolute Gasteiger partial charge is 0.339 e. The lowest BCUT2D eigenvalue weighted by atomic mass is 10.1. The SMILES string of the molecule is CC(C)CCN(CCC(C)C)C(=O)c1ccc2nc(-c3cccc(F)c3)n(CCCN3CCCCC3)c2c1. The Labute approximate surface area is 228 Å². The van der Waals surface area contributed by atoms with Gasteiger partial charge in [0.2, 0.25) is 0 Å². The smallest absolute Gasteiger partial charge is 0.253 e. The van der Waals surface area contributed by atoms with Crippen molar-refractivity contribution in [2.45, 2.75) is 72.8 Å². The van der Waals surface area contributed by atoms with E-state index < -0.39 is 0 Å². The summed E-state index contributed by atoms with van der Waals surface area (Å²) >= 11 is 0. The number of amides is 1. The van der Waals surface area contributed by atoms with Crippen molar-refractivity contribution in [2.24, 2.45) is 11.8 Å². The summed E-state index contributed by atoms with van der Waals surface area (Å²) in [4.78, 5) is 23.2. The van der Waals surface area contributed by atoms with E-state index in [1.807, 2.05) is 29.2 Å². The van der Waals surface area contributed by atoms with Crippen LogP contribution >= 0.6 is 0 Å². The number of hydrogen-bond acceptors (Lipinski definition) is 3. The van der Waals surface area contributed by atoms with Gasteiger partial charge in [-0.25, -0.2) is 9.37 Å². The molecule has 0 unspecified atom stereocenters. The summed E-state index contributed by atoms with van der Waals surface area (Å²) in [5, 5.41) is 0. The number of carbonyl (C=O) groups is 1. The van der Waals surface area contributed by atoms with Gasteiger partial charge in [-0.1, -0.05) is 46.2 Å². The molecule has 6 heteroatoms. The number of aromatic nitrogens is 2. The maximum Gasteiger partial charge on any atom is 0.253 e. The number of benzene rings is 2. The van der Waals surface area contributed by atoms with Crippen LogP contribution in [-0.2, 0) is 6.54 Å². The number of likely N-dealkylation sites (tertiary alicyclic amines) is 1. The number of halogens is 1. The highest BCUT2D eigenvalue weighted by Crippen LogP contribution is 2.27. The van der Waals surface area contributed by atoms with E-state index in [0.29, 0.717) is 17.4 Å². The summed E-state index contributed by atoms with van der Waals surface area (Å²) < 4.78 is 16.4. The van der Waals surface area contributed by atoms with Gasteiger partial charge in [0.15, 0.2) is 0 Å². The van der Waals surface area contributed by atoms with Crippen LogP contribution in [0.5, 0.6) is 0 Å². The zero-order chi connectivity index (χ0) is 27.1. The maximum absolute atomic E-state index is 14.2. The van der Waals surface area contributed by atoms with Crippen LogP contribution in [0.15, 0.2) is 42.5 Å². The summed E-state index contributed by atoms with van der Waals surface area (Å²) in [6.45, 7) is 14.5. The third kappa shape index (κ3) is 7.43. The minimum atomic E-state index is -0.267. The molecule has 0 bridgehead atoms. The van der Waals surface area contributed by atoms with Crippen LogP contribution in [-0.4, -0.2) is 58.0 Å². The lowest BCUT2D eigenvalue weighted by Crippen LogP contribution is -2.34. The van der Waals surface area contributed by atoms with Crippen LogP contribution in [0.25, 0.3) is 22.4 Å². The maximum atomic E-state index is 14.2. The molecule has 206 valence electrons. The molecule has 1 fully saturated rings. The Morgan fingerprint density at radius 2 is 1.66 bits per heavy atom. The van der Waals surface area contributed by atoms with Crippen molar-refractivity contribution in [2.75, 3.05) is 32.7 Å². The van der Waals surface area contributed by atoms with Crippen LogP contribution in [0.3, 0.4) is 0 Å². The molecule has 4 rings (SSSR count). The summed E-state index contributed by atoms with van der Waals surface area (Å²) in [5.41, 5.74) is 3.26. The predicted octanol–water partition coefficient (Wildman–Crippen LogP) is 7.25. The first-order valence-corrected chi connectivity index (χ1v) is 14.6. The van der Waals surface area contributed by atoms with Gasteiger partial charge in [-0.05, 0) is 93.9 Å². The van der Waals surface area contributed by atoms with Gasteiger partial charge in [0, 0.05) is 30.8 Å². The lowest BCUT2D eigenvalue weighted by molar-refractivity contribution is 0.0741. The second-order valence-electron chi connectivity index (χ2n) is 11.7. The van der Waals surface area contributed by atoms with Crippen molar-refractivity contribution < 1.29 is 9.18 Å². The van der Waals surface area contributed by atoms with Gasteiger partial charge in [0.1, 0.15) is 11.6 Å². The monoisotopic (exact) mass is 520 g/mol. The van der Waals surface area contributed by atoms with E-state index in [1.54, 1.807) is 12.1 Å². The van der Waals surface area contributed by atoms with E-state index in [9.17, 15) is 9.18 Å². The Balaban J connectivity index is 1.64. The van der Waals surface area contributed by atoms with Crippen LogP contribution in [0.4, 0.5) is 4.39 Å². The fourth-order valence-corrected chi connectivity index (χ4v) is 5.29. The predicted molar refractivity (Wildman–Crippen MR) is 155 cm³/mol. The Morgan fingerprint density at radius 3 is 2.32 bits per heavy atom. The summed E-state index contributed by atoms with van der Waals surface area (Å²) in [5.74, 6) is 1.67. The molecule has 3 aromatic rings. The van der Waals surface area contributed by atoms with E-state index in [-0.39, 0.29) is 11.7 Å². The number of nitrogens with zero attached hydrogens (tertiary/aromatic N) is 4. The highest BCUT2D eigenvalue weighted by molar-refractivity contribution is 5.98. The molecular formula is C32H45FN4O. The molecule has 38 heavy (non-hydrogen) atoms. The highest BCUT2D eigenvalue weighted by atomic mass is 19.1. The first-order valence-electron chi connectivity index (χ1n) is 14.6. The van der Waals surface area contributed by atoms with Crippen LogP contribution in [0.1, 0.15) is 76.6 Å². The number of piperidine rings is 1. The average molecular weight is 521 g/mol. The van der Waals surface area contributed by atoms with E-state index in [1.165, 1.54) is 38.4 Å². The van der Waals surface area contributed by atoms with Crippen molar-refractivity contribution >= 4 is 16.9 Å². The second-order valence-corrected chi connectivity index (χ2v) is 11.7. The molecule has 2 aromatic carbocycles. The molecule has 0 spiro atoms. The molecule has 1 aliphatic heterocycles.